The molecular weight excluding hydrogens is 571 g/mol. The molecule has 42 heavy (non-hydrogen) atoms. The minimum Gasteiger partial charge on any atom is -0.424 e. The molecule has 3 aromatic heterocycles. The first kappa shape index (κ1) is 28.1. The molecule has 5 aromatic rings. The lowest BCUT2D eigenvalue weighted by molar-refractivity contribution is -0.141. The second-order valence-electron chi connectivity index (χ2n) is 8.92. The largest absolute Gasteiger partial charge is 0.435 e. The summed E-state index contributed by atoms with van der Waals surface area (Å²) in [6.07, 6.45) is -1.40. The van der Waals surface area contributed by atoms with Crippen LogP contribution < -0.4 is 15.8 Å². The van der Waals surface area contributed by atoms with Gasteiger partial charge >= 0.3 is 12.2 Å². The van der Waals surface area contributed by atoms with Crippen LogP contribution in [0.15, 0.2) is 73.6 Å². The Morgan fingerprint density at radius 2 is 1.79 bits per heavy atom. The average molecular weight is 590 g/mol. The van der Waals surface area contributed by atoms with Crippen molar-refractivity contribution in [1.82, 2.24) is 19.5 Å². The van der Waals surface area contributed by atoms with Crippen molar-refractivity contribution in [1.29, 1.82) is 5.26 Å². The first-order valence-corrected chi connectivity index (χ1v) is 12.5. The first-order valence-electron chi connectivity index (χ1n) is 12.1. The maximum Gasteiger partial charge on any atom is 0.435 e. The highest BCUT2D eigenvalue weighted by Crippen LogP contribution is 2.44. The molecule has 0 saturated carbocycles. The van der Waals surface area contributed by atoms with Crippen LogP contribution in [0, 0.1) is 11.3 Å². The second-order valence-corrected chi connectivity index (χ2v) is 9.33. The van der Waals surface area contributed by atoms with E-state index in [2.05, 4.69) is 32.9 Å². The highest BCUT2D eigenvalue weighted by molar-refractivity contribution is 6.31. The fourth-order valence-corrected chi connectivity index (χ4v) is 4.71. The number of hydrogen-bond donors (Lipinski definition) is 2. The summed E-state index contributed by atoms with van der Waals surface area (Å²) in [6.45, 7) is 3.45. The fraction of sp³-hybridized carbons (Fsp3) is 0.0690. The Balaban J connectivity index is 1.61. The molecule has 9 nitrogen and oxygen atoms in total. The number of fused-ring (bicyclic) bond motifs is 1. The van der Waals surface area contributed by atoms with Crippen LogP contribution in [0.4, 0.5) is 24.7 Å². The number of carbonyl (C=O) groups excluding carboxylic acids is 1. The number of benzene rings is 2. The number of halogens is 4. The number of nitrogens with one attached hydrogen (secondary N) is 1. The first-order chi connectivity index (χ1) is 20.0. The van der Waals surface area contributed by atoms with Gasteiger partial charge in [-0.2, -0.15) is 23.4 Å². The summed E-state index contributed by atoms with van der Waals surface area (Å²) < 4.78 is 46.9. The van der Waals surface area contributed by atoms with E-state index in [0.29, 0.717) is 39.0 Å². The van der Waals surface area contributed by atoms with Gasteiger partial charge < -0.3 is 20.4 Å². The van der Waals surface area contributed by atoms with Crippen LogP contribution >= 0.6 is 11.6 Å². The number of nitriles is 1. The summed E-state index contributed by atoms with van der Waals surface area (Å²) in [4.78, 5) is 23.1. The molecule has 3 heterocycles. The van der Waals surface area contributed by atoms with E-state index < -0.39 is 22.9 Å². The van der Waals surface area contributed by atoms with Crippen molar-refractivity contribution in [2.45, 2.75) is 6.18 Å². The normalized spacial score (nSPS) is 11.2. The van der Waals surface area contributed by atoms with E-state index in [9.17, 15) is 23.2 Å². The molecular formula is C29H19ClF3N7O2. The molecule has 0 atom stereocenters. The van der Waals surface area contributed by atoms with E-state index >= 15 is 0 Å². The Kier molecular flexibility index (Phi) is 7.28. The molecule has 0 aliphatic heterocycles. The van der Waals surface area contributed by atoms with Gasteiger partial charge in [-0.1, -0.05) is 42.4 Å². The number of anilines is 2. The van der Waals surface area contributed by atoms with E-state index in [1.165, 1.54) is 18.3 Å². The van der Waals surface area contributed by atoms with Gasteiger partial charge in [0, 0.05) is 24.5 Å². The second kappa shape index (κ2) is 10.9. The highest BCUT2D eigenvalue weighted by Gasteiger charge is 2.36. The quantitative estimate of drug-likeness (QED) is 0.210. The number of aromatic nitrogens is 4. The smallest absolute Gasteiger partial charge is 0.424 e. The summed E-state index contributed by atoms with van der Waals surface area (Å²) in [5, 5.41) is 12.4. The van der Waals surface area contributed by atoms with Crippen molar-refractivity contribution in [3.05, 3.63) is 89.9 Å². The molecule has 0 saturated heterocycles. The van der Waals surface area contributed by atoms with Crippen molar-refractivity contribution < 1.29 is 22.7 Å². The van der Waals surface area contributed by atoms with Gasteiger partial charge in [-0.05, 0) is 41.5 Å². The van der Waals surface area contributed by atoms with Crippen LogP contribution in [0.25, 0.3) is 33.3 Å². The number of amides is 1. The standard InChI is InChI=1S/C29H19ClF3N7O2/c1-3-21(41)38-18-8-4-16(5-9-18)24-22(23-25(40(24)2)17(12-34)13-36-27(23)35)15-6-10-19(11-7-15)42-28-37-14-20(30)26(39-28)29(31,32)33/h3-11,13-14H,1H2,2H3,(H2,35,36)(H,38,41). The van der Waals surface area contributed by atoms with Crippen molar-refractivity contribution in [3.63, 3.8) is 0 Å². The Hall–Kier alpha value is -5.41. The summed E-state index contributed by atoms with van der Waals surface area (Å²) in [7, 11) is 1.79. The topological polar surface area (TPSA) is 132 Å². The maximum atomic E-state index is 13.2. The van der Waals surface area contributed by atoms with Crippen molar-refractivity contribution >= 4 is 39.9 Å². The molecule has 3 N–H and O–H groups in total. The molecule has 0 unspecified atom stereocenters. The SMILES string of the molecule is C=CC(=O)Nc1ccc(-c2c(-c3ccc(Oc4ncc(Cl)c(C(F)(F)F)n4)cc3)c3c(N)ncc(C#N)c3n2C)cc1. The maximum absolute atomic E-state index is 13.2. The van der Waals surface area contributed by atoms with E-state index in [1.54, 1.807) is 43.4 Å². The third-order valence-corrected chi connectivity index (χ3v) is 6.59. The molecule has 0 fully saturated rings. The number of carbonyl (C=O) groups is 1. The zero-order valence-electron chi connectivity index (χ0n) is 21.7. The molecule has 0 aliphatic carbocycles. The van der Waals surface area contributed by atoms with Gasteiger partial charge in [-0.3, -0.25) is 4.79 Å². The van der Waals surface area contributed by atoms with Gasteiger partial charge in [0.1, 0.15) is 17.6 Å². The third-order valence-electron chi connectivity index (χ3n) is 6.31. The van der Waals surface area contributed by atoms with E-state index in [1.807, 2.05) is 4.57 Å². The minimum absolute atomic E-state index is 0.169. The molecule has 5 rings (SSSR count). The Morgan fingerprint density at radius 3 is 2.40 bits per heavy atom. The van der Waals surface area contributed by atoms with Crippen molar-refractivity contribution in [3.8, 4) is 40.2 Å². The van der Waals surface area contributed by atoms with Crippen LogP contribution in [0.5, 0.6) is 11.8 Å². The van der Waals surface area contributed by atoms with Crippen molar-refractivity contribution in [2.75, 3.05) is 11.1 Å². The van der Waals surface area contributed by atoms with Crippen LogP contribution in [0.3, 0.4) is 0 Å². The number of nitrogen functional groups attached to an aromatic ring is 1. The number of nitrogens with zero attached hydrogens (tertiary/aromatic N) is 5. The number of alkyl halides is 3. The molecule has 2 aromatic carbocycles. The Bertz CT molecular complexity index is 1900. The number of hydrogen-bond acceptors (Lipinski definition) is 7. The van der Waals surface area contributed by atoms with Gasteiger partial charge in [-0.25, -0.2) is 9.97 Å². The Morgan fingerprint density at radius 1 is 1.12 bits per heavy atom. The molecule has 0 bridgehead atoms. The summed E-state index contributed by atoms with van der Waals surface area (Å²) >= 11 is 5.60. The lowest BCUT2D eigenvalue weighted by Gasteiger charge is -2.12. The van der Waals surface area contributed by atoms with Crippen LogP contribution in [0.1, 0.15) is 11.3 Å². The zero-order chi connectivity index (χ0) is 30.2. The van der Waals surface area contributed by atoms with Crippen LogP contribution in [-0.4, -0.2) is 25.4 Å². The van der Waals surface area contributed by atoms with E-state index in [-0.39, 0.29) is 17.5 Å². The Labute approximate surface area is 241 Å². The van der Waals surface area contributed by atoms with Crippen molar-refractivity contribution in [2.24, 2.45) is 7.05 Å². The number of nitrogens with two attached hydrogens (primary N) is 1. The summed E-state index contributed by atoms with van der Waals surface area (Å²) in [5.74, 6) is 0.0129. The molecule has 0 aliphatic rings. The van der Waals surface area contributed by atoms with E-state index in [0.717, 1.165) is 17.8 Å². The number of pyridine rings is 1. The van der Waals surface area contributed by atoms with Crippen LogP contribution in [-0.2, 0) is 18.0 Å². The van der Waals surface area contributed by atoms with Gasteiger partial charge in [0.2, 0.25) is 5.91 Å². The van der Waals surface area contributed by atoms with Crippen LogP contribution in [0.2, 0.25) is 5.02 Å². The minimum atomic E-state index is -4.78. The highest BCUT2D eigenvalue weighted by atomic mass is 35.5. The third kappa shape index (κ3) is 5.21. The van der Waals surface area contributed by atoms with Gasteiger partial charge in [0.05, 0.1) is 33.4 Å². The number of rotatable bonds is 6. The van der Waals surface area contributed by atoms with E-state index in [4.69, 9.17) is 22.1 Å². The fourth-order valence-electron chi connectivity index (χ4n) is 4.51. The summed E-state index contributed by atoms with van der Waals surface area (Å²) in [6, 6.07) is 15.1. The molecule has 0 spiro atoms. The monoisotopic (exact) mass is 589 g/mol. The average Bonchev–Trinajstić information content (AvgIpc) is 3.28. The van der Waals surface area contributed by atoms with Gasteiger partial charge in [-0.15, -0.1) is 0 Å². The lowest BCUT2D eigenvalue weighted by atomic mass is 9.98. The van der Waals surface area contributed by atoms with Gasteiger partial charge in [0.15, 0.2) is 5.69 Å². The molecule has 0 radical (unpaired) electrons. The summed E-state index contributed by atoms with van der Waals surface area (Å²) in [5.41, 5.74) is 9.22. The molecule has 13 heteroatoms. The predicted molar refractivity (Wildman–Crippen MR) is 152 cm³/mol. The van der Waals surface area contributed by atoms with Gasteiger partial charge in [0.25, 0.3) is 0 Å². The number of aryl methyl sites for hydroxylation is 1. The lowest BCUT2D eigenvalue weighted by Crippen LogP contribution is -2.10. The predicted octanol–water partition coefficient (Wildman–Crippen LogP) is 6.74. The molecule has 210 valence electrons. The zero-order valence-corrected chi connectivity index (χ0v) is 22.5. The number of ether oxygens (including phenoxy) is 1. The molecule has 1 amide bonds.